The highest BCUT2D eigenvalue weighted by Gasteiger charge is 2.17. The first kappa shape index (κ1) is 22.7. The molecule has 0 aliphatic rings. The molecular formula is C24H28O6. The highest BCUT2D eigenvalue weighted by molar-refractivity contribution is 5.81. The van der Waals surface area contributed by atoms with E-state index < -0.39 is 0 Å². The van der Waals surface area contributed by atoms with Crippen LogP contribution < -0.4 is 14.2 Å². The summed E-state index contributed by atoms with van der Waals surface area (Å²) in [5, 5.41) is 29.6. The molecular weight excluding hydrogens is 384 g/mol. The Bertz CT molecular complexity index is 969. The standard InChI is InChI=1S/C16H18O4.C8H10O2/c1-9-5-11(15(17)13(7-9)19-3)12-6-10(2)8-14(20-4)16(12)18;1-6-3-4-7(9)8(5-6)10-2/h5-8,17-18H,1-4H3;3-5,9H,1-2H3. The van der Waals surface area contributed by atoms with E-state index in [-0.39, 0.29) is 17.2 Å². The van der Waals surface area contributed by atoms with Crippen molar-refractivity contribution in [2.45, 2.75) is 20.8 Å². The molecule has 30 heavy (non-hydrogen) atoms. The number of benzene rings is 3. The van der Waals surface area contributed by atoms with E-state index in [1.54, 1.807) is 36.4 Å². The zero-order chi connectivity index (χ0) is 22.4. The number of phenolic OH excluding ortho intramolecular Hbond substituents is 3. The number of hydrogen-bond donors (Lipinski definition) is 3. The first-order chi connectivity index (χ1) is 14.2. The summed E-state index contributed by atoms with van der Waals surface area (Å²) in [6.07, 6.45) is 0. The number of methoxy groups -OCH3 is 3. The fourth-order valence-electron chi connectivity index (χ4n) is 3.00. The van der Waals surface area contributed by atoms with Crippen LogP contribution in [0.4, 0.5) is 0 Å². The lowest BCUT2D eigenvalue weighted by Crippen LogP contribution is -1.92. The number of aryl methyl sites for hydroxylation is 3. The lowest BCUT2D eigenvalue weighted by atomic mass is 9.98. The second-order valence-electron chi connectivity index (χ2n) is 6.90. The molecule has 0 heterocycles. The minimum Gasteiger partial charge on any atom is -0.504 e. The molecule has 0 atom stereocenters. The summed E-state index contributed by atoms with van der Waals surface area (Å²) in [6, 6.07) is 12.3. The Labute approximate surface area is 176 Å². The molecule has 0 aliphatic carbocycles. The van der Waals surface area contributed by atoms with Gasteiger partial charge >= 0.3 is 0 Å². The molecule has 0 unspecified atom stereocenters. The molecule has 0 saturated carbocycles. The van der Waals surface area contributed by atoms with Gasteiger partial charge < -0.3 is 29.5 Å². The van der Waals surface area contributed by atoms with E-state index in [1.165, 1.54) is 21.3 Å². The molecule has 160 valence electrons. The minimum absolute atomic E-state index is 0.000975. The summed E-state index contributed by atoms with van der Waals surface area (Å²) in [5.74, 6) is 1.47. The smallest absolute Gasteiger partial charge is 0.165 e. The summed E-state index contributed by atoms with van der Waals surface area (Å²) >= 11 is 0. The second kappa shape index (κ2) is 9.78. The van der Waals surface area contributed by atoms with Crippen LogP contribution in [-0.2, 0) is 0 Å². The lowest BCUT2D eigenvalue weighted by Gasteiger charge is -2.14. The van der Waals surface area contributed by atoms with Crippen molar-refractivity contribution in [2.24, 2.45) is 0 Å². The van der Waals surface area contributed by atoms with E-state index in [0.29, 0.717) is 28.4 Å². The van der Waals surface area contributed by atoms with E-state index in [9.17, 15) is 10.2 Å². The third kappa shape index (κ3) is 5.08. The van der Waals surface area contributed by atoms with E-state index in [0.717, 1.165) is 16.7 Å². The Kier molecular flexibility index (Phi) is 7.42. The van der Waals surface area contributed by atoms with Gasteiger partial charge in [0, 0.05) is 11.1 Å². The maximum atomic E-state index is 10.3. The SMILES string of the molecule is COc1cc(C)cc(-c2cc(C)cc(OC)c2O)c1O.COc1cc(C)ccc1O. The Morgan fingerprint density at radius 1 is 0.533 bits per heavy atom. The van der Waals surface area contributed by atoms with Crippen molar-refractivity contribution >= 4 is 0 Å². The molecule has 3 N–H and O–H groups in total. The van der Waals surface area contributed by atoms with Gasteiger partial charge in [0.25, 0.3) is 0 Å². The highest BCUT2D eigenvalue weighted by atomic mass is 16.5. The van der Waals surface area contributed by atoms with Crippen LogP contribution in [0.2, 0.25) is 0 Å². The Hall–Kier alpha value is -3.54. The van der Waals surface area contributed by atoms with Crippen molar-refractivity contribution in [1.29, 1.82) is 0 Å². The summed E-state index contributed by atoms with van der Waals surface area (Å²) in [5.41, 5.74) is 3.96. The molecule has 6 heteroatoms. The van der Waals surface area contributed by atoms with Crippen LogP contribution in [0.5, 0.6) is 34.5 Å². The van der Waals surface area contributed by atoms with Gasteiger partial charge in [0.2, 0.25) is 0 Å². The van der Waals surface area contributed by atoms with E-state index in [1.807, 2.05) is 26.8 Å². The second-order valence-corrected chi connectivity index (χ2v) is 6.90. The van der Waals surface area contributed by atoms with E-state index in [2.05, 4.69) is 0 Å². The minimum atomic E-state index is 0.000975. The Morgan fingerprint density at radius 2 is 0.933 bits per heavy atom. The van der Waals surface area contributed by atoms with Crippen LogP contribution in [-0.4, -0.2) is 36.6 Å². The zero-order valence-electron chi connectivity index (χ0n) is 18.1. The monoisotopic (exact) mass is 412 g/mol. The molecule has 0 aromatic heterocycles. The first-order valence-corrected chi connectivity index (χ1v) is 9.31. The third-order valence-electron chi connectivity index (χ3n) is 4.50. The topological polar surface area (TPSA) is 88.4 Å². The summed E-state index contributed by atoms with van der Waals surface area (Å²) in [4.78, 5) is 0. The van der Waals surface area contributed by atoms with Gasteiger partial charge in [-0.3, -0.25) is 0 Å². The quantitative estimate of drug-likeness (QED) is 0.552. The molecule has 3 aromatic rings. The average molecular weight is 412 g/mol. The predicted molar refractivity (Wildman–Crippen MR) is 117 cm³/mol. The van der Waals surface area contributed by atoms with Gasteiger partial charge in [0.1, 0.15) is 0 Å². The lowest BCUT2D eigenvalue weighted by molar-refractivity contribution is 0.370. The molecule has 0 bridgehead atoms. The van der Waals surface area contributed by atoms with Gasteiger partial charge in [-0.1, -0.05) is 6.07 Å². The van der Waals surface area contributed by atoms with Gasteiger partial charge in [-0.05, 0) is 73.9 Å². The number of aromatic hydroxyl groups is 3. The van der Waals surface area contributed by atoms with Crippen LogP contribution in [0, 0.1) is 20.8 Å². The van der Waals surface area contributed by atoms with Gasteiger partial charge in [-0.2, -0.15) is 0 Å². The van der Waals surface area contributed by atoms with E-state index in [4.69, 9.17) is 19.3 Å². The Morgan fingerprint density at radius 3 is 1.30 bits per heavy atom. The van der Waals surface area contributed by atoms with Gasteiger partial charge in [-0.25, -0.2) is 0 Å². The number of rotatable bonds is 4. The maximum absolute atomic E-state index is 10.3. The largest absolute Gasteiger partial charge is 0.504 e. The fourth-order valence-corrected chi connectivity index (χ4v) is 3.00. The van der Waals surface area contributed by atoms with Crippen LogP contribution in [0.3, 0.4) is 0 Å². The summed E-state index contributed by atoms with van der Waals surface area (Å²) < 4.78 is 15.2. The van der Waals surface area contributed by atoms with Crippen molar-refractivity contribution in [1.82, 2.24) is 0 Å². The summed E-state index contributed by atoms with van der Waals surface area (Å²) in [7, 11) is 4.53. The normalized spacial score (nSPS) is 10.1. The van der Waals surface area contributed by atoms with E-state index >= 15 is 0 Å². The van der Waals surface area contributed by atoms with Crippen molar-refractivity contribution in [3.8, 4) is 45.6 Å². The van der Waals surface area contributed by atoms with Crippen LogP contribution in [0.1, 0.15) is 16.7 Å². The molecule has 6 nitrogen and oxygen atoms in total. The maximum Gasteiger partial charge on any atom is 0.165 e. The van der Waals surface area contributed by atoms with Crippen LogP contribution >= 0.6 is 0 Å². The molecule has 0 spiro atoms. The average Bonchev–Trinajstić information content (AvgIpc) is 2.73. The molecule has 0 fully saturated rings. The highest BCUT2D eigenvalue weighted by Crippen LogP contribution is 2.45. The molecule has 3 rings (SSSR count). The molecule has 0 saturated heterocycles. The Balaban J connectivity index is 0.000000269. The van der Waals surface area contributed by atoms with Crippen LogP contribution in [0.25, 0.3) is 11.1 Å². The van der Waals surface area contributed by atoms with Crippen molar-refractivity contribution in [3.05, 3.63) is 59.2 Å². The molecule has 3 aromatic carbocycles. The zero-order valence-corrected chi connectivity index (χ0v) is 18.1. The number of phenols is 3. The van der Waals surface area contributed by atoms with Gasteiger partial charge in [-0.15, -0.1) is 0 Å². The van der Waals surface area contributed by atoms with Crippen molar-refractivity contribution in [3.63, 3.8) is 0 Å². The number of ether oxygens (including phenoxy) is 3. The predicted octanol–water partition coefficient (Wildman–Crippen LogP) is 5.11. The van der Waals surface area contributed by atoms with Gasteiger partial charge in [0.15, 0.2) is 34.5 Å². The van der Waals surface area contributed by atoms with Crippen molar-refractivity contribution in [2.75, 3.05) is 21.3 Å². The third-order valence-corrected chi connectivity index (χ3v) is 4.50. The summed E-state index contributed by atoms with van der Waals surface area (Å²) in [6.45, 7) is 5.74. The molecule has 0 radical (unpaired) electrons. The molecule has 0 aliphatic heterocycles. The number of hydrogen-bond acceptors (Lipinski definition) is 6. The van der Waals surface area contributed by atoms with Crippen molar-refractivity contribution < 1.29 is 29.5 Å². The van der Waals surface area contributed by atoms with Crippen LogP contribution in [0.15, 0.2) is 42.5 Å². The molecule has 0 amide bonds. The fraction of sp³-hybridized carbons (Fsp3) is 0.250. The first-order valence-electron chi connectivity index (χ1n) is 9.31. The van der Waals surface area contributed by atoms with Gasteiger partial charge in [0.05, 0.1) is 21.3 Å².